The number of nitrogens with one attached hydrogen (secondary N) is 1. The van der Waals surface area contributed by atoms with Crippen molar-refractivity contribution in [3.8, 4) is 0 Å². The van der Waals surface area contributed by atoms with Crippen LogP contribution in [0.25, 0.3) is 0 Å². The monoisotopic (exact) mass is 253 g/mol. The average Bonchev–Trinajstić information content (AvgIpc) is 2.56. The third-order valence-electron chi connectivity index (χ3n) is 3.41. The Morgan fingerprint density at radius 2 is 2.33 bits per heavy atom. The molecule has 100 valence electrons. The molecule has 2 heterocycles. The SMILES string of the molecule is CN(c1nn(C)cc1[N+](=O)[O-])C1CCCNCC1. The first kappa shape index (κ1) is 12.8. The van der Waals surface area contributed by atoms with Crippen LogP contribution < -0.4 is 10.2 Å². The first-order valence-electron chi connectivity index (χ1n) is 6.21. The van der Waals surface area contributed by atoms with Gasteiger partial charge in [-0.1, -0.05) is 0 Å². The number of nitrogens with zero attached hydrogens (tertiary/aromatic N) is 4. The van der Waals surface area contributed by atoms with Crippen molar-refractivity contribution in [1.29, 1.82) is 0 Å². The number of hydrogen-bond donors (Lipinski definition) is 1. The number of nitro groups is 1. The number of aryl methyl sites for hydroxylation is 1. The lowest BCUT2D eigenvalue weighted by atomic mass is 10.1. The first-order chi connectivity index (χ1) is 8.59. The van der Waals surface area contributed by atoms with Crippen LogP contribution in [0.3, 0.4) is 0 Å². The van der Waals surface area contributed by atoms with Crippen LogP contribution >= 0.6 is 0 Å². The second-order valence-electron chi connectivity index (χ2n) is 4.71. The van der Waals surface area contributed by atoms with Gasteiger partial charge in [0, 0.05) is 20.1 Å². The normalized spacial score (nSPS) is 20.4. The molecule has 0 radical (unpaired) electrons. The van der Waals surface area contributed by atoms with Crippen LogP contribution in [0, 0.1) is 10.1 Å². The first-order valence-corrected chi connectivity index (χ1v) is 6.21. The maximum Gasteiger partial charge on any atom is 0.330 e. The molecule has 1 unspecified atom stereocenters. The van der Waals surface area contributed by atoms with Crippen molar-refractivity contribution in [1.82, 2.24) is 15.1 Å². The predicted octanol–water partition coefficient (Wildman–Crippen LogP) is 0.907. The van der Waals surface area contributed by atoms with Crippen LogP contribution in [0.5, 0.6) is 0 Å². The summed E-state index contributed by atoms with van der Waals surface area (Å²) in [6.07, 6.45) is 4.58. The molecule has 7 nitrogen and oxygen atoms in total. The van der Waals surface area contributed by atoms with E-state index in [-0.39, 0.29) is 10.6 Å². The van der Waals surface area contributed by atoms with Crippen LogP contribution in [-0.4, -0.2) is 40.9 Å². The fourth-order valence-electron chi connectivity index (χ4n) is 2.41. The Balaban J connectivity index is 2.21. The van der Waals surface area contributed by atoms with Gasteiger partial charge in [0.25, 0.3) is 0 Å². The third-order valence-corrected chi connectivity index (χ3v) is 3.41. The summed E-state index contributed by atoms with van der Waals surface area (Å²) in [6.45, 7) is 1.98. The van der Waals surface area contributed by atoms with E-state index in [0.717, 1.165) is 32.4 Å². The lowest BCUT2D eigenvalue weighted by Crippen LogP contribution is -2.33. The minimum absolute atomic E-state index is 0.0807. The van der Waals surface area contributed by atoms with Gasteiger partial charge in [0.1, 0.15) is 6.20 Å². The summed E-state index contributed by atoms with van der Waals surface area (Å²) in [5.74, 6) is 0.467. The van der Waals surface area contributed by atoms with Crippen molar-refractivity contribution < 1.29 is 4.92 Å². The van der Waals surface area contributed by atoms with Crippen molar-refractivity contribution in [2.24, 2.45) is 7.05 Å². The second-order valence-corrected chi connectivity index (χ2v) is 4.71. The van der Waals surface area contributed by atoms with E-state index in [1.54, 1.807) is 7.05 Å². The molecule has 7 heteroatoms. The highest BCUT2D eigenvalue weighted by molar-refractivity contribution is 5.56. The average molecular weight is 253 g/mol. The molecule has 1 aromatic rings. The van der Waals surface area contributed by atoms with Gasteiger partial charge < -0.3 is 10.2 Å². The van der Waals surface area contributed by atoms with Gasteiger partial charge in [-0.3, -0.25) is 14.8 Å². The fraction of sp³-hybridized carbons (Fsp3) is 0.727. The van der Waals surface area contributed by atoms with Crippen LogP contribution in [0.4, 0.5) is 11.5 Å². The Morgan fingerprint density at radius 3 is 3.06 bits per heavy atom. The number of rotatable bonds is 3. The van der Waals surface area contributed by atoms with E-state index in [2.05, 4.69) is 10.4 Å². The summed E-state index contributed by atoms with van der Waals surface area (Å²) in [5.41, 5.74) is 0.0807. The Kier molecular flexibility index (Phi) is 3.81. The molecule has 0 bridgehead atoms. The zero-order chi connectivity index (χ0) is 13.1. The van der Waals surface area contributed by atoms with Crippen molar-refractivity contribution in [3.05, 3.63) is 16.3 Å². The minimum Gasteiger partial charge on any atom is -0.349 e. The Morgan fingerprint density at radius 1 is 1.56 bits per heavy atom. The highest BCUT2D eigenvalue weighted by Crippen LogP contribution is 2.28. The Labute approximate surface area is 106 Å². The minimum atomic E-state index is -0.367. The molecule has 0 aliphatic carbocycles. The molecular weight excluding hydrogens is 234 g/mol. The van der Waals surface area contributed by atoms with Gasteiger partial charge in [-0.05, 0) is 32.4 Å². The predicted molar refractivity (Wildman–Crippen MR) is 68.8 cm³/mol. The summed E-state index contributed by atoms with van der Waals surface area (Å²) in [6, 6.07) is 0.314. The molecule has 1 aromatic heterocycles. The van der Waals surface area contributed by atoms with E-state index in [1.807, 2.05) is 11.9 Å². The summed E-state index contributed by atoms with van der Waals surface area (Å²) >= 11 is 0. The van der Waals surface area contributed by atoms with E-state index >= 15 is 0 Å². The van der Waals surface area contributed by atoms with Gasteiger partial charge in [-0.2, -0.15) is 0 Å². The highest BCUT2D eigenvalue weighted by atomic mass is 16.6. The van der Waals surface area contributed by atoms with Crippen LogP contribution in [0.2, 0.25) is 0 Å². The van der Waals surface area contributed by atoms with Gasteiger partial charge in [-0.25, -0.2) is 0 Å². The van der Waals surface area contributed by atoms with Gasteiger partial charge in [0.05, 0.1) is 4.92 Å². The van der Waals surface area contributed by atoms with Gasteiger partial charge in [-0.15, -0.1) is 5.10 Å². The maximum atomic E-state index is 11.0. The lowest BCUT2D eigenvalue weighted by molar-refractivity contribution is -0.384. The van der Waals surface area contributed by atoms with Crippen LogP contribution in [0.15, 0.2) is 6.20 Å². The summed E-state index contributed by atoms with van der Waals surface area (Å²) in [4.78, 5) is 12.6. The van der Waals surface area contributed by atoms with E-state index < -0.39 is 0 Å². The zero-order valence-electron chi connectivity index (χ0n) is 10.8. The second kappa shape index (κ2) is 5.34. The highest BCUT2D eigenvalue weighted by Gasteiger charge is 2.26. The molecule has 1 atom stereocenters. The van der Waals surface area contributed by atoms with E-state index in [9.17, 15) is 10.1 Å². The lowest BCUT2D eigenvalue weighted by Gasteiger charge is -2.26. The molecule has 0 amide bonds. The standard InChI is InChI=1S/C11H19N5O2/c1-14-8-10(16(17)18)11(13-14)15(2)9-4-3-6-12-7-5-9/h8-9,12H,3-7H2,1-2H3. The number of aromatic nitrogens is 2. The van der Waals surface area contributed by atoms with Gasteiger partial charge in [0.15, 0.2) is 0 Å². The van der Waals surface area contributed by atoms with E-state index in [1.165, 1.54) is 10.9 Å². The molecule has 18 heavy (non-hydrogen) atoms. The Bertz CT molecular complexity index is 423. The molecule has 1 fully saturated rings. The van der Waals surface area contributed by atoms with Crippen molar-refractivity contribution in [2.45, 2.75) is 25.3 Å². The van der Waals surface area contributed by atoms with Gasteiger partial charge in [0.2, 0.25) is 5.82 Å². The zero-order valence-corrected chi connectivity index (χ0v) is 10.8. The van der Waals surface area contributed by atoms with Gasteiger partial charge >= 0.3 is 5.69 Å². The molecule has 1 aliphatic rings. The quantitative estimate of drug-likeness (QED) is 0.640. The largest absolute Gasteiger partial charge is 0.349 e. The molecule has 0 spiro atoms. The summed E-state index contributed by atoms with van der Waals surface area (Å²) in [7, 11) is 3.60. The fourth-order valence-corrected chi connectivity index (χ4v) is 2.41. The Hall–Kier alpha value is -1.63. The molecule has 2 rings (SSSR count). The number of anilines is 1. The van der Waals surface area contributed by atoms with Crippen LogP contribution in [0.1, 0.15) is 19.3 Å². The van der Waals surface area contributed by atoms with Crippen molar-refractivity contribution >= 4 is 11.5 Å². The smallest absolute Gasteiger partial charge is 0.330 e. The van der Waals surface area contributed by atoms with E-state index in [0.29, 0.717) is 11.9 Å². The third kappa shape index (κ3) is 2.61. The molecule has 0 saturated carbocycles. The molecule has 1 aliphatic heterocycles. The number of hydrogen-bond acceptors (Lipinski definition) is 5. The molecular formula is C11H19N5O2. The maximum absolute atomic E-state index is 11.0. The molecule has 1 saturated heterocycles. The molecule has 0 aromatic carbocycles. The van der Waals surface area contributed by atoms with Crippen molar-refractivity contribution in [2.75, 3.05) is 25.0 Å². The van der Waals surface area contributed by atoms with E-state index in [4.69, 9.17) is 0 Å². The summed E-state index contributed by atoms with van der Waals surface area (Å²) < 4.78 is 1.50. The topological polar surface area (TPSA) is 76.2 Å². The van der Waals surface area contributed by atoms with Crippen LogP contribution in [-0.2, 0) is 7.05 Å². The summed E-state index contributed by atoms with van der Waals surface area (Å²) in [5, 5.41) is 18.6. The molecule has 1 N–H and O–H groups in total. The van der Waals surface area contributed by atoms with Crippen molar-refractivity contribution in [3.63, 3.8) is 0 Å².